The minimum atomic E-state index is -1.31. The van der Waals surface area contributed by atoms with Crippen molar-refractivity contribution < 1.29 is 38.2 Å². The number of nitrogens with one attached hydrogen (secondary N) is 2. The Morgan fingerprint density at radius 3 is 2.34 bits per heavy atom. The van der Waals surface area contributed by atoms with Crippen molar-refractivity contribution in [3.05, 3.63) is 39.9 Å². The van der Waals surface area contributed by atoms with E-state index < -0.39 is 17.0 Å². The van der Waals surface area contributed by atoms with Gasteiger partial charge < -0.3 is 29.6 Å². The van der Waals surface area contributed by atoms with E-state index in [4.69, 9.17) is 25.8 Å². The molecule has 1 aromatic carbocycles. The average molecular weight is 836 g/mol. The molecule has 5 fully saturated rings. The lowest BCUT2D eigenvalue weighted by Crippen LogP contribution is -2.65. The fourth-order valence-corrected chi connectivity index (χ4v) is 13.7. The Labute approximate surface area is 356 Å². The summed E-state index contributed by atoms with van der Waals surface area (Å²) in [6.45, 7) is 17.5. The topological polar surface area (TPSA) is 137 Å². The molecule has 7 rings (SSSR count). The maximum atomic E-state index is 14.5. The van der Waals surface area contributed by atoms with Crippen LogP contribution in [-0.4, -0.2) is 67.4 Å². The van der Waals surface area contributed by atoms with Crippen LogP contribution >= 0.6 is 11.6 Å². The monoisotopic (exact) mass is 834 g/mol. The van der Waals surface area contributed by atoms with Crippen LogP contribution in [0.3, 0.4) is 0 Å². The Morgan fingerprint density at radius 2 is 1.66 bits per heavy atom. The zero-order valence-corrected chi connectivity index (χ0v) is 37.5. The van der Waals surface area contributed by atoms with E-state index in [1.54, 1.807) is 39.2 Å². The number of fused-ring (bicyclic) bond motifs is 7. The van der Waals surface area contributed by atoms with Crippen LogP contribution in [0.15, 0.2) is 29.3 Å². The molecule has 6 aliphatic carbocycles. The van der Waals surface area contributed by atoms with E-state index in [0.29, 0.717) is 48.0 Å². The van der Waals surface area contributed by atoms with Crippen molar-refractivity contribution in [2.75, 3.05) is 20.3 Å². The summed E-state index contributed by atoms with van der Waals surface area (Å²) in [5, 5.41) is 6.81. The van der Waals surface area contributed by atoms with E-state index in [0.717, 1.165) is 62.4 Å². The van der Waals surface area contributed by atoms with Gasteiger partial charge in [0.25, 0.3) is 5.91 Å². The van der Waals surface area contributed by atoms with Crippen molar-refractivity contribution in [2.24, 2.45) is 64.1 Å². The van der Waals surface area contributed by atoms with Crippen molar-refractivity contribution in [1.29, 1.82) is 0 Å². The van der Waals surface area contributed by atoms with Crippen molar-refractivity contribution >= 4 is 41.5 Å². The maximum absolute atomic E-state index is 14.5. The van der Waals surface area contributed by atoms with Gasteiger partial charge in [0.2, 0.25) is 5.91 Å². The molecule has 0 aromatic heterocycles. The largest absolute Gasteiger partial charge is 0.490 e. The number of benzene rings is 1. The van der Waals surface area contributed by atoms with Crippen LogP contribution in [0.25, 0.3) is 0 Å². The number of ketones is 1. The molecular formula is C48H67ClN2O8. The number of aldehydes is 1. The number of halogens is 1. The van der Waals surface area contributed by atoms with Crippen molar-refractivity contribution in [1.82, 2.24) is 10.6 Å². The SMILES string of the molecule is COCCOc1cc(Cl)ccc1C(=O)NC(C)(C)C(=O)NC12CCC3C(CCC4C3(C)CCC3C(C)C(OC(=O)C5CC(C=O)C5C)CCC34C)C1=C(C(C)C)C(=O)C2. The molecule has 59 heavy (non-hydrogen) atoms. The number of allylic oxidation sites excluding steroid dienone is 1. The third kappa shape index (κ3) is 7.48. The lowest BCUT2D eigenvalue weighted by atomic mass is 9.38. The number of hydrogen-bond donors (Lipinski definition) is 2. The third-order valence-corrected chi connectivity index (χ3v) is 17.0. The summed E-state index contributed by atoms with van der Waals surface area (Å²) in [6, 6.07) is 4.79. The quantitative estimate of drug-likeness (QED) is 0.122. The Hall–Kier alpha value is -3.24. The number of carbonyl (C=O) groups excluding carboxylic acids is 5. The van der Waals surface area contributed by atoms with Crippen LogP contribution in [-0.2, 0) is 28.7 Å². The summed E-state index contributed by atoms with van der Waals surface area (Å²) >= 11 is 6.24. The van der Waals surface area contributed by atoms with Crippen LogP contribution in [0.2, 0.25) is 5.02 Å². The number of amides is 2. The van der Waals surface area contributed by atoms with Gasteiger partial charge in [0.1, 0.15) is 30.3 Å². The highest BCUT2D eigenvalue weighted by molar-refractivity contribution is 6.30. The summed E-state index contributed by atoms with van der Waals surface area (Å²) in [5.41, 5.74) is 0.364. The summed E-state index contributed by atoms with van der Waals surface area (Å²) in [5.74, 6) is 1.14. The summed E-state index contributed by atoms with van der Waals surface area (Å²) < 4.78 is 17.2. The lowest BCUT2D eigenvalue weighted by molar-refractivity contribution is -0.195. The number of carbonyl (C=O) groups is 5. The third-order valence-electron chi connectivity index (χ3n) is 16.8. The summed E-state index contributed by atoms with van der Waals surface area (Å²) in [4.78, 5) is 67.0. The van der Waals surface area contributed by atoms with Gasteiger partial charge in [-0.15, -0.1) is 0 Å². The molecule has 12 atom stereocenters. The summed E-state index contributed by atoms with van der Waals surface area (Å²) in [6.07, 6.45) is 9.39. The average Bonchev–Trinajstić information content (AvgIpc) is 3.47. The molecule has 0 bridgehead atoms. The number of esters is 1. The Bertz CT molecular complexity index is 1890. The van der Waals surface area contributed by atoms with E-state index in [-0.39, 0.29) is 88.7 Å². The molecule has 0 saturated heterocycles. The molecule has 0 spiro atoms. The van der Waals surface area contributed by atoms with Crippen LogP contribution in [0, 0.1) is 64.1 Å². The fraction of sp³-hybridized carbons (Fsp3) is 0.729. The second kappa shape index (κ2) is 16.2. The Balaban J connectivity index is 1.09. The standard InChI is InChI=1S/C48H67ClN2O8/c1-26(2)40-36(53)24-48(51-44(56)45(5,6)50-42(54)32-11-10-30(49)23-38(32)58-21-20-57-9)19-15-35-31(41(40)48)12-13-39-46(7)18-16-37(28(4)34(46)14-17-47(35,39)8)59-43(55)33-22-29(25-52)27(33)3/h10-11,23,25-29,31,33-35,37,39H,12-22,24H2,1-9H3,(H,50,54)(H,51,56). The number of methoxy groups -OCH3 is 1. The second-order valence-electron chi connectivity index (χ2n) is 20.6. The minimum absolute atomic E-state index is 0.0223. The van der Waals surface area contributed by atoms with Crippen LogP contribution in [0.5, 0.6) is 5.75 Å². The molecule has 6 aliphatic rings. The van der Waals surface area contributed by atoms with Crippen LogP contribution in [0.1, 0.15) is 130 Å². The van der Waals surface area contributed by atoms with E-state index in [2.05, 4.69) is 45.3 Å². The first-order valence-corrected chi connectivity index (χ1v) is 22.7. The maximum Gasteiger partial charge on any atom is 0.309 e. The van der Waals surface area contributed by atoms with E-state index >= 15 is 0 Å². The molecule has 0 aliphatic heterocycles. The number of hydrogen-bond acceptors (Lipinski definition) is 8. The lowest BCUT2D eigenvalue weighted by Gasteiger charge is -2.67. The number of Topliss-reactive ketones (excluding diaryl/α,β-unsaturated/α-hetero) is 1. The predicted molar refractivity (Wildman–Crippen MR) is 226 cm³/mol. The molecule has 11 heteroatoms. The van der Waals surface area contributed by atoms with Crippen molar-refractivity contribution in [3.8, 4) is 5.75 Å². The van der Waals surface area contributed by atoms with Gasteiger partial charge in [-0.2, -0.15) is 0 Å². The van der Waals surface area contributed by atoms with Crippen molar-refractivity contribution in [3.63, 3.8) is 0 Å². The van der Waals surface area contributed by atoms with Gasteiger partial charge in [0.05, 0.1) is 23.6 Å². The molecule has 0 heterocycles. The van der Waals surface area contributed by atoms with Gasteiger partial charge >= 0.3 is 5.97 Å². The first kappa shape index (κ1) is 43.8. The van der Waals surface area contributed by atoms with Crippen LogP contribution < -0.4 is 15.4 Å². The predicted octanol–water partition coefficient (Wildman–Crippen LogP) is 8.33. The highest BCUT2D eigenvalue weighted by Gasteiger charge is 2.65. The Morgan fingerprint density at radius 1 is 0.966 bits per heavy atom. The molecular weight excluding hydrogens is 768 g/mol. The molecule has 2 amide bonds. The smallest absolute Gasteiger partial charge is 0.309 e. The van der Waals surface area contributed by atoms with Gasteiger partial charge in [0, 0.05) is 24.5 Å². The number of rotatable bonds is 12. The van der Waals surface area contributed by atoms with E-state index in [9.17, 15) is 24.0 Å². The first-order chi connectivity index (χ1) is 27.8. The fourth-order valence-electron chi connectivity index (χ4n) is 13.6. The highest BCUT2D eigenvalue weighted by atomic mass is 35.5. The molecule has 1 aromatic rings. The molecule has 0 radical (unpaired) electrons. The molecule has 324 valence electrons. The van der Waals surface area contributed by atoms with Gasteiger partial charge in [-0.1, -0.05) is 53.1 Å². The first-order valence-electron chi connectivity index (χ1n) is 22.3. The molecule has 2 N–H and O–H groups in total. The molecule has 5 saturated carbocycles. The summed E-state index contributed by atoms with van der Waals surface area (Å²) in [7, 11) is 1.57. The van der Waals surface area contributed by atoms with Gasteiger partial charge in [0.15, 0.2) is 5.78 Å². The highest BCUT2D eigenvalue weighted by Crippen LogP contribution is 2.70. The van der Waals surface area contributed by atoms with E-state index in [1.807, 2.05) is 6.92 Å². The van der Waals surface area contributed by atoms with Gasteiger partial charge in [-0.25, -0.2) is 0 Å². The van der Waals surface area contributed by atoms with Crippen LogP contribution in [0.4, 0.5) is 0 Å². The van der Waals surface area contributed by atoms with Gasteiger partial charge in [-0.05, 0) is 153 Å². The second-order valence-corrected chi connectivity index (χ2v) is 21.0. The Kier molecular flexibility index (Phi) is 12.1. The zero-order valence-electron chi connectivity index (χ0n) is 36.7. The normalized spacial score (nSPS) is 37.6. The van der Waals surface area contributed by atoms with E-state index in [1.165, 1.54) is 0 Å². The molecule has 12 unspecified atom stereocenters. The van der Waals surface area contributed by atoms with Crippen molar-refractivity contribution in [2.45, 2.75) is 137 Å². The minimum Gasteiger partial charge on any atom is -0.490 e. The zero-order chi connectivity index (χ0) is 42.8. The molecule has 10 nitrogen and oxygen atoms in total. The number of ether oxygens (including phenoxy) is 3. The van der Waals surface area contributed by atoms with Gasteiger partial charge in [-0.3, -0.25) is 19.2 Å².